The maximum atomic E-state index is 13.4. The molecule has 53 heavy (non-hydrogen) atoms. The standard InChI is InChI=1S/C46H53N3O4/c1-7-45(3,4)33-25-27-42(38(30-33)46(5,6)8-2)53-29-17-16-28-47-44(52)37-31-40(34-20-12-13-21-35(34)43(37)51)49-48-39-23-15-14-22-36(39)41(50)26-24-32-18-10-9-11-19-32/h9-15,18-23,25,27,30-31,51H,7-8,16-17,24,26,28-29H2,1-6H3,(H,47,52). The SMILES string of the molecule is CCC(C)(C)c1ccc(OCCCCNC(=O)c2cc(N=Nc3ccccc3C(=O)CCc3ccccc3)c3ccccc3c2O)c(C(C)(C)CC)c1. The molecule has 0 saturated carbocycles. The number of phenolic OH excluding ortho intramolecular Hbond substituents is 1. The number of aryl methyl sites for hydroxylation is 1. The number of carbonyl (C=O) groups excluding carboxylic acids is 2. The van der Waals surface area contributed by atoms with Gasteiger partial charge in [0.1, 0.15) is 11.5 Å². The van der Waals surface area contributed by atoms with Crippen LogP contribution in [0.15, 0.2) is 113 Å². The van der Waals surface area contributed by atoms with Crippen molar-refractivity contribution in [1.29, 1.82) is 0 Å². The first-order valence-electron chi connectivity index (χ1n) is 18.8. The van der Waals surface area contributed by atoms with Crippen LogP contribution in [0.4, 0.5) is 11.4 Å². The van der Waals surface area contributed by atoms with E-state index in [1.54, 1.807) is 30.3 Å². The Labute approximate surface area is 314 Å². The molecule has 0 radical (unpaired) electrons. The monoisotopic (exact) mass is 711 g/mol. The van der Waals surface area contributed by atoms with Gasteiger partial charge in [-0.25, -0.2) is 0 Å². The molecule has 5 aromatic carbocycles. The van der Waals surface area contributed by atoms with Crippen LogP contribution in [0.3, 0.4) is 0 Å². The third kappa shape index (κ3) is 9.58. The number of rotatable bonds is 17. The lowest BCUT2D eigenvalue weighted by molar-refractivity contribution is 0.0948. The first kappa shape index (κ1) is 38.9. The summed E-state index contributed by atoms with van der Waals surface area (Å²) in [5.74, 6) is 0.378. The topological polar surface area (TPSA) is 100 Å². The number of carbonyl (C=O) groups is 2. The molecule has 276 valence electrons. The Morgan fingerprint density at radius 1 is 0.717 bits per heavy atom. The summed E-state index contributed by atoms with van der Waals surface area (Å²) in [5, 5.41) is 24.3. The van der Waals surface area contributed by atoms with Crippen LogP contribution in [0.5, 0.6) is 11.5 Å². The van der Waals surface area contributed by atoms with Crippen molar-refractivity contribution in [3.8, 4) is 11.5 Å². The molecule has 1 amide bonds. The first-order chi connectivity index (χ1) is 25.4. The van der Waals surface area contributed by atoms with E-state index in [9.17, 15) is 14.7 Å². The van der Waals surface area contributed by atoms with Gasteiger partial charge in [0, 0.05) is 34.9 Å². The normalized spacial score (nSPS) is 12.0. The maximum Gasteiger partial charge on any atom is 0.255 e. The van der Waals surface area contributed by atoms with E-state index in [2.05, 4.69) is 75.3 Å². The summed E-state index contributed by atoms with van der Waals surface area (Å²) in [7, 11) is 0. The van der Waals surface area contributed by atoms with Gasteiger partial charge in [-0.05, 0) is 78.3 Å². The van der Waals surface area contributed by atoms with Gasteiger partial charge in [-0.2, -0.15) is 0 Å². The van der Waals surface area contributed by atoms with Gasteiger partial charge < -0.3 is 15.2 Å². The van der Waals surface area contributed by atoms with E-state index in [1.807, 2.05) is 54.6 Å². The number of aromatic hydroxyl groups is 1. The number of unbranched alkanes of at least 4 members (excludes halogenated alkanes) is 1. The van der Waals surface area contributed by atoms with E-state index in [-0.39, 0.29) is 27.9 Å². The number of fused-ring (bicyclic) bond motifs is 1. The van der Waals surface area contributed by atoms with Crippen molar-refractivity contribution in [2.24, 2.45) is 10.2 Å². The molecule has 7 heteroatoms. The summed E-state index contributed by atoms with van der Waals surface area (Å²) in [4.78, 5) is 26.6. The van der Waals surface area contributed by atoms with Crippen LogP contribution in [0.25, 0.3) is 10.8 Å². The molecule has 0 aromatic heterocycles. The van der Waals surface area contributed by atoms with Gasteiger partial charge in [0.25, 0.3) is 5.91 Å². The van der Waals surface area contributed by atoms with Gasteiger partial charge in [-0.15, -0.1) is 10.2 Å². The molecule has 0 unspecified atom stereocenters. The second-order valence-corrected chi connectivity index (χ2v) is 15.0. The molecule has 0 atom stereocenters. The Hall–Kier alpha value is -5.30. The Kier molecular flexibility index (Phi) is 12.8. The zero-order valence-corrected chi connectivity index (χ0v) is 32.0. The molecule has 0 heterocycles. The van der Waals surface area contributed by atoms with Gasteiger partial charge in [0.15, 0.2) is 5.78 Å². The predicted molar refractivity (Wildman–Crippen MR) is 215 cm³/mol. The number of nitrogens with zero attached hydrogens (tertiary/aromatic N) is 2. The molecule has 0 spiro atoms. The molecule has 0 aliphatic carbocycles. The highest BCUT2D eigenvalue weighted by molar-refractivity contribution is 6.07. The van der Waals surface area contributed by atoms with E-state index in [0.29, 0.717) is 60.1 Å². The van der Waals surface area contributed by atoms with Crippen LogP contribution in [-0.4, -0.2) is 29.9 Å². The Bertz CT molecular complexity index is 2070. The number of ether oxygens (including phenoxy) is 1. The smallest absolute Gasteiger partial charge is 0.255 e. The molecular weight excluding hydrogens is 659 g/mol. The number of Topliss-reactive ketones (excluding diaryl/α,β-unsaturated/α-hetero) is 1. The van der Waals surface area contributed by atoms with Gasteiger partial charge in [0.2, 0.25) is 0 Å². The highest BCUT2D eigenvalue weighted by Gasteiger charge is 2.26. The molecule has 7 nitrogen and oxygen atoms in total. The molecule has 0 aliphatic rings. The number of phenols is 1. The van der Waals surface area contributed by atoms with Crippen molar-refractivity contribution in [3.05, 3.63) is 131 Å². The van der Waals surface area contributed by atoms with E-state index in [4.69, 9.17) is 4.74 Å². The van der Waals surface area contributed by atoms with Crippen molar-refractivity contribution in [2.75, 3.05) is 13.2 Å². The van der Waals surface area contributed by atoms with Crippen molar-refractivity contribution < 1.29 is 19.4 Å². The third-order valence-corrected chi connectivity index (χ3v) is 10.6. The lowest BCUT2D eigenvalue weighted by atomic mass is 9.76. The Morgan fingerprint density at radius 2 is 1.38 bits per heavy atom. The number of ketones is 1. The van der Waals surface area contributed by atoms with Gasteiger partial charge in [-0.3, -0.25) is 9.59 Å². The van der Waals surface area contributed by atoms with E-state index in [0.717, 1.165) is 30.6 Å². The summed E-state index contributed by atoms with van der Waals surface area (Å²) in [6, 6.07) is 32.4. The molecule has 5 rings (SSSR count). The van der Waals surface area contributed by atoms with E-state index in [1.165, 1.54) is 11.1 Å². The van der Waals surface area contributed by atoms with Gasteiger partial charge in [-0.1, -0.05) is 120 Å². The Balaban J connectivity index is 1.24. The highest BCUT2D eigenvalue weighted by Crippen LogP contribution is 2.39. The van der Waals surface area contributed by atoms with Crippen molar-refractivity contribution in [2.45, 2.75) is 90.9 Å². The summed E-state index contributed by atoms with van der Waals surface area (Å²) in [6.45, 7) is 14.5. The van der Waals surface area contributed by atoms with Crippen LogP contribution in [0, 0.1) is 0 Å². The minimum Gasteiger partial charge on any atom is -0.506 e. The van der Waals surface area contributed by atoms with Gasteiger partial charge >= 0.3 is 0 Å². The Morgan fingerprint density at radius 3 is 2.11 bits per heavy atom. The van der Waals surface area contributed by atoms with Crippen LogP contribution in [-0.2, 0) is 17.3 Å². The highest BCUT2D eigenvalue weighted by atomic mass is 16.5. The average Bonchev–Trinajstić information content (AvgIpc) is 3.18. The number of hydrogen-bond donors (Lipinski definition) is 2. The number of nitrogens with one attached hydrogen (secondary N) is 1. The molecule has 5 aromatic rings. The second-order valence-electron chi connectivity index (χ2n) is 15.0. The van der Waals surface area contributed by atoms with Crippen molar-refractivity contribution >= 4 is 33.8 Å². The maximum absolute atomic E-state index is 13.4. The first-order valence-corrected chi connectivity index (χ1v) is 18.8. The summed E-state index contributed by atoms with van der Waals surface area (Å²) >= 11 is 0. The summed E-state index contributed by atoms with van der Waals surface area (Å²) < 4.78 is 6.32. The van der Waals surface area contributed by atoms with Crippen LogP contribution >= 0.6 is 0 Å². The summed E-state index contributed by atoms with van der Waals surface area (Å²) in [5.41, 5.74) is 5.18. The lowest BCUT2D eigenvalue weighted by Gasteiger charge is -2.30. The number of azo groups is 1. The molecule has 0 fully saturated rings. The zero-order valence-electron chi connectivity index (χ0n) is 32.0. The fourth-order valence-corrected chi connectivity index (χ4v) is 6.24. The molecular formula is C46H53N3O4. The predicted octanol–water partition coefficient (Wildman–Crippen LogP) is 11.7. The quantitative estimate of drug-likeness (QED) is 0.0569. The minimum absolute atomic E-state index is 0.0211. The largest absolute Gasteiger partial charge is 0.506 e. The lowest BCUT2D eigenvalue weighted by Crippen LogP contribution is -2.25. The van der Waals surface area contributed by atoms with E-state index < -0.39 is 5.91 Å². The van der Waals surface area contributed by atoms with E-state index >= 15 is 0 Å². The number of benzene rings is 5. The molecule has 2 N–H and O–H groups in total. The summed E-state index contributed by atoms with van der Waals surface area (Å²) in [6.07, 6.45) is 4.48. The number of amides is 1. The van der Waals surface area contributed by atoms with Crippen LogP contribution in [0.2, 0.25) is 0 Å². The molecule has 0 bridgehead atoms. The van der Waals surface area contributed by atoms with Crippen LogP contribution in [0.1, 0.15) is 111 Å². The zero-order chi connectivity index (χ0) is 38.0. The fourth-order valence-electron chi connectivity index (χ4n) is 6.24. The molecule has 0 saturated heterocycles. The molecule has 0 aliphatic heterocycles. The third-order valence-electron chi connectivity index (χ3n) is 10.6. The second kappa shape index (κ2) is 17.5. The average molecular weight is 712 g/mol. The van der Waals surface area contributed by atoms with Crippen molar-refractivity contribution in [1.82, 2.24) is 5.32 Å². The minimum atomic E-state index is -0.400. The number of hydrogen-bond acceptors (Lipinski definition) is 6. The van der Waals surface area contributed by atoms with Crippen LogP contribution < -0.4 is 10.1 Å². The van der Waals surface area contributed by atoms with Gasteiger partial charge in [0.05, 0.1) is 23.5 Å². The van der Waals surface area contributed by atoms with Crippen molar-refractivity contribution in [3.63, 3.8) is 0 Å². The fraction of sp³-hybridized carbons (Fsp3) is 0.348.